The molecular weight excluding hydrogens is 642 g/mol. The van der Waals surface area contributed by atoms with Crippen molar-refractivity contribution in [2.45, 2.75) is 84.5 Å². The number of hydrogen-bond donors (Lipinski definition) is 1. The Bertz CT molecular complexity index is 1820. The Balaban J connectivity index is 0.00000123. The van der Waals surface area contributed by atoms with E-state index in [2.05, 4.69) is 50.4 Å². The highest BCUT2D eigenvalue weighted by molar-refractivity contribution is 7.59. The summed E-state index contributed by atoms with van der Waals surface area (Å²) in [5.41, 5.74) is 8.61. The SMILES string of the molecule is CCCC(=O)c1ccc(C[C@H](C(=O)Nc2ccc(-c3ccc(Cl)cc3C)cc2)c2cccc(C3CCC(C)(C)CC3)c2)cc1.O=S(=O)=O. The van der Waals surface area contributed by atoms with Crippen molar-refractivity contribution in [2.75, 3.05) is 5.32 Å². The van der Waals surface area contributed by atoms with E-state index in [-0.39, 0.29) is 17.6 Å². The first-order valence-corrected chi connectivity index (χ1v) is 17.9. The topological polar surface area (TPSA) is 97.4 Å². The van der Waals surface area contributed by atoms with E-state index in [1.165, 1.54) is 31.2 Å². The maximum Gasteiger partial charge on any atom is 0.425 e. The molecule has 0 saturated heterocycles. The van der Waals surface area contributed by atoms with Crippen LogP contribution in [0.4, 0.5) is 5.69 Å². The van der Waals surface area contributed by atoms with Gasteiger partial charge in [-0.15, -0.1) is 12.6 Å². The number of rotatable bonds is 10. The van der Waals surface area contributed by atoms with Gasteiger partial charge >= 0.3 is 10.6 Å². The molecule has 1 fully saturated rings. The summed E-state index contributed by atoms with van der Waals surface area (Å²) in [5.74, 6) is 0.284. The van der Waals surface area contributed by atoms with Crippen LogP contribution in [0.3, 0.4) is 0 Å². The fraction of sp³-hybridized carbons (Fsp3) is 0.350. The average molecular weight is 686 g/mol. The molecule has 1 amide bonds. The number of aryl methyl sites for hydroxylation is 1. The van der Waals surface area contributed by atoms with Crippen molar-refractivity contribution in [3.05, 3.63) is 124 Å². The smallest absolute Gasteiger partial charge is 0.326 e. The highest BCUT2D eigenvalue weighted by atomic mass is 35.5. The van der Waals surface area contributed by atoms with Crippen molar-refractivity contribution in [1.82, 2.24) is 0 Å². The molecule has 1 aliphatic rings. The number of amides is 1. The maximum atomic E-state index is 14.0. The molecule has 5 rings (SSSR count). The lowest BCUT2D eigenvalue weighted by molar-refractivity contribution is -0.117. The third-order valence-corrected chi connectivity index (χ3v) is 9.52. The molecule has 0 aliphatic heterocycles. The van der Waals surface area contributed by atoms with Crippen LogP contribution in [0.2, 0.25) is 5.02 Å². The molecule has 0 aromatic heterocycles. The van der Waals surface area contributed by atoms with Crippen LogP contribution in [-0.2, 0) is 21.8 Å². The van der Waals surface area contributed by atoms with Gasteiger partial charge in [-0.25, -0.2) is 0 Å². The van der Waals surface area contributed by atoms with Crippen molar-refractivity contribution < 1.29 is 22.2 Å². The Kier molecular flexibility index (Phi) is 12.9. The molecule has 0 unspecified atom stereocenters. The van der Waals surface area contributed by atoms with Crippen molar-refractivity contribution in [1.29, 1.82) is 0 Å². The Morgan fingerprint density at radius 2 is 1.54 bits per heavy atom. The second-order valence-electron chi connectivity index (χ2n) is 13.5. The fourth-order valence-corrected chi connectivity index (χ4v) is 6.70. The van der Waals surface area contributed by atoms with Gasteiger partial charge in [-0.3, -0.25) is 9.59 Å². The lowest BCUT2D eigenvalue weighted by Crippen LogP contribution is -2.24. The highest BCUT2D eigenvalue weighted by Crippen LogP contribution is 2.43. The van der Waals surface area contributed by atoms with E-state index >= 15 is 0 Å². The normalized spacial score (nSPS) is 14.7. The lowest BCUT2D eigenvalue weighted by Gasteiger charge is -2.34. The Labute approximate surface area is 291 Å². The lowest BCUT2D eigenvalue weighted by atomic mass is 9.71. The number of Topliss-reactive ketones (excluding diaryl/α,β-unsaturated/α-hetero) is 1. The summed E-state index contributed by atoms with van der Waals surface area (Å²) < 4.78 is 25.3. The molecule has 1 aliphatic carbocycles. The number of nitrogens with one attached hydrogen (secondary N) is 1. The monoisotopic (exact) mass is 685 g/mol. The first-order valence-electron chi connectivity index (χ1n) is 16.5. The number of carbonyl (C=O) groups is 2. The van der Waals surface area contributed by atoms with Gasteiger partial charge in [0.2, 0.25) is 5.91 Å². The van der Waals surface area contributed by atoms with Crippen LogP contribution >= 0.6 is 11.6 Å². The summed E-state index contributed by atoms with van der Waals surface area (Å²) in [5, 5.41) is 3.93. The molecule has 48 heavy (non-hydrogen) atoms. The van der Waals surface area contributed by atoms with Gasteiger partial charge in [0.05, 0.1) is 5.92 Å². The molecule has 1 atom stereocenters. The third kappa shape index (κ3) is 10.5. The molecule has 4 aromatic carbocycles. The second-order valence-corrected chi connectivity index (χ2v) is 14.3. The maximum absolute atomic E-state index is 14.0. The zero-order chi connectivity index (χ0) is 34.8. The van der Waals surface area contributed by atoms with Crippen LogP contribution in [0.25, 0.3) is 11.1 Å². The van der Waals surface area contributed by atoms with Crippen LogP contribution in [0, 0.1) is 12.3 Å². The van der Waals surface area contributed by atoms with E-state index in [4.69, 9.17) is 24.2 Å². The number of benzene rings is 4. The van der Waals surface area contributed by atoms with E-state index in [1.807, 2.05) is 73.7 Å². The van der Waals surface area contributed by atoms with Crippen molar-refractivity contribution in [2.24, 2.45) is 5.41 Å². The van der Waals surface area contributed by atoms with Gasteiger partial charge in [0, 0.05) is 22.7 Å². The zero-order valence-electron chi connectivity index (χ0n) is 28.1. The minimum Gasteiger partial charge on any atom is -0.326 e. The number of anilines is 1. The Hall–Kier alpha value is -4.07. The molecule has 6 nitrogen and oxygen atoms in total. The zero-order valence-corrected chi connectivity index (χ0v) is 29.7. The molecule has 0 heterocycles. The summed E-state index contributed by atoms with van der Waals surface area (Å²) in [7, 11) is -3.11. The highest BCUT2D eigenvalue weighted by Gasteiger charge is 2.29. The van der Waals surface area contributed by atoms with Crippen LogP contribution in [0.1, 0.15) is 104 Å². The van der Waals surface area contributed by atoms with E-state index in [0.29, 0.717) is 24.2 Å². The summed E-state index contributed by atoms with van der Waals surface area (Å²) in [6.45, 7) is 8.80. The molecule has 1 saturated carbocycles. The number of carbonyl (C=O) groups excluding carboxylic acids is 2. The first-order chi connectivity index (χ1) is 22.8. The summed E-state index contributed by atoms with van der Waals surface area (Å²) >= 11 is 6.16. The molecule has 252 valence electrons. The molecule has 0 spiro atoms. The van der Waals surface area contributed by atoms with E-state index < -0.39 is 10.6 Å². The van der Waals surface area contributed by atoms with Gasteiger partial charge in [-0.05, 0) is 114 Å². The summed E-state index contributed by atoms with van der Waals surface area (Å²) in [6, 6.07) is 30.4. The molecule has 0 bridgehead atoms. The van der Waals surface area contributed by atoms with Gasteiger partial charge in [0.15, 0.2) is 5.78 Å². The van der Waals surface area contributed by atoms with Crippen molar-refractivity contribution >= 4 is 39.6 Å². The number of halogens is 1. The standard InChI is InChI=1S/C40H44ClNO2.O3S/c1-5-7-38(43)31-12-10-28(11-13-31)25-37(33-9-6-8-32(26-33)29-20-22-40(3,4)23-21-29)39(44)42-35-17-14-30(15-18-35)36-19-16-34(41)24-27(36)2;1-4(2)3/h6,8-19,24,26,29,37H,5,7,20-23,25H2,1-4H3,(H,42,44);/t37-;/m0./s1. The van der Waals surface area contributed by atoms with Gasteiger partial charge in [-0.1, -0.05) is 99.1 Å². The van der Waals surface area contributed by atoms with Crippen molar-refractivity contribution in [3.63, 3.8) is 0 Å². The van der Waals surface area contributed by atoms with Crippen LogP contribution < -0.4 is 5.32 Å². The molecule has 1 N–H and O–H groups in total. The average Bonchev–Trinajstić information content (AvgIpc) is 3.04. The van der Waals surface area contributed by atoms with E-state index in [9.17, 15) is 9.59 Å². The third-order valence-electron chi connectivity index (χ3n) is 9.28. The van der Waals surface area contributed by atoms with Crippen molar-refractivity contribution in [3.8, 4) is 11.1 Å². The number of hydrogen-bond acceptors (Lipinski definition) is 5. The first kappa shape index (κ1) is 36.8. The predicted molar refractivity (Wildman–Crippen MR) is 194 cm³/mol. The van der Waals surface area contributed by atoms with Gasteiger partial charge < -0.3 is 5.32 Å². The van der Waals surface area contributed by atoms with Gasteiger partial charge in [-0.2, -0.15) is 0 Å². The number of ketones is 1. The quantitative estimate of drug-likeness (QED) is 0.168. The predicted octanol–water partition coefficient (Wildman–Crippen LogP) is 9.94. The largest absolute Gasteiger partial charge is 0.425 e. The van der Waals surface area contributed by atoms with Gasteiger partial charge in [0.25, 0.3) is 0 Å². The summed E-state index contributed by atoms with van der Waals surface area (Å²) in [4.78, 5) is 26.4. The fourth-order valence-electron chi connectivity index (χ4n) is 6.47. The van der Waals surface area contributed by atoms with E-state index in [0.717, 1.165) is 50.5 Å². The van der Waals surface area contributed by atoms with Gasteiger partial charge in [0.1, 0.15) is 0 Å². The molecule has 8 heteroatoms. The Morgan fingerprint density at radius 3 is 2.15 bits per heavy atom. The minimum absolute atomic E-state index is 0.0338. The summed E-state index contributed by atoms with van der Waals surface area (Å²) in [6.07, 6.45) is 6.74. The van der Waals surface area contributed by atoms with Crippen LogP contribution in [-0.4, -0.2) is 24.3 Å². The van der Waals surface area contributed by atoms with E-state index in [1.54, 1.807) is 0 Å². The molecule has 4 aromatic rings. The second kappa shape index (κ2) is 16.8. The van der Waals surface area contributed by atoms with Crippen LogP contribution in [0.15, 0.2) is 91.0 Å². The van der Waals surface area contributed by atoms with Crippen LogP contribution in [0.5, 0.6) is 0 Å². The Morgan fingerprint density at radius 1 is 0.896 bits per heavy atom. The minimum atomic E-state index is -3.11. The molecule has 0 radical (unpaired) electrons. The molecular formula is C40H44ClNO5S.